The maximum atomic E-state index is 12.4. The number of isocyanates is 1. The molecule has 0 aliphatic heterocycles. The molecule has 0 aromatic heterocycles. The molecule has 0 fully saturated rings. The van der Waals surface area contributed by atoms with Crippen LogP contribution in [0.4, 0.5) is 0 Å². The summed E-state index contributed by atoms with van der Waals surface area (Å²) >= 11 is 0. The number of nitriles is 1. The zero-order valence-electron chi connectivity index (χ0n) is 22.5. The molecule has 0 aliphatic rings. The molecule has 0 heterocycles. The minimum Gasteiger partial charge on any atom is -0.465 e. The Hall–Kier alpha value is -3.78. The first-order chi connectivity index (χ1) is 18.7. The van der Waals surface area contributed by atoms with Crippen LogP contribution in [0.5, 0.6) is 0 Å². The fourth-order valence-corrected chi connectivity index (χ4v) is 2.96. The number of esters is 3. The third kappa shape index (κ3) is 17.4. The minimum atomic E-state index is -1.02. The molecule has 0 radical (unpaired) electrons. The van der Waals surface area contributed by atoms with Crippen LogP contribution in [0.3, 0.4) is 0 Å². The lowest BCUT2D eigenvalue weighted by Crippen LogP contribution is -2.43. The van der Waals surface area contributed by atoms with Gasteiger partial charge in [-0.15, -0.1) is 13.2 Å². The van der Waals surface area contributed by atoms with Gasteiger partial charge in [0.05, 0.1) is 38.4 Å². The Morgan fingerprint density at radius 2 is 1.59 bits per heavy atom. The minimum absolute atomic E-state index is 0.0474. The van der Waals surface area contributed by atoms with Crippen molar-refractivity contribution in [3.8, 4) is 6.26 Å². The van der Waals surface area contributed by atoms with Crippen LogP contribution >= 0.6 is 0 Å². The van der Waals surface area contributed by atoms with Crippen molar-refractivity contribution >= 4 is 24.0 Å². The van der Waals surface area contributed by atoms with E-state index in [1.54, 1.807) is 18.4 Å². The van der Waals surface area contributed by atoms with Crippen molar-refractivity contribution in [1.29, 1.82) is 5.26 Å². The monoisotopic (exact) mass is 550 g/mol. The van der Waals surface area contributed by atoms with Crippen LogP contribution in [-0.4, -0.2) is 82.9 Å². The SMILES string of the molecule is C=CCOCC(COCC=C)(COC(=O)CCCOC(=O)C(CCCCOC#N)N=C=O)COC(=O)C(=C)C. The first kappa shape index (κ1) is 35.2. The van der Waals surface area contributed by atoms with E-state index < -0.39 is 29.4 Å². The first-order valence-corrected chi connectivity index (χ1v) is 12.3. The molecule has 1 atom stereocenters. The highest BCUT2D eigenvalue weighted by molar-refractivity contribution is 5.86. The number of carbonyl (C=O) groups is 3. The summed E-state index contributed by atoms with van der Waals surface area (Å²) in [5, 5.41) is 8.34. The third-order valence-electron chi connectivity index (χ3n) is 4.97. The maximum absolute atomic E-state index is 12.4. The number of hydrogen-bond donors (Lipinski definition) is 0. The van der Waals surface area contributed by atoms with Gasteiger partial charge in [-0.25, -0.2) is 14.4 Å². The Morgan fingerprint density at radius 3 is 2.15 bits per heavy atom. The summed E-state index contributed by atoms with van der Waals surface area (Å²) < 4.78 is 31.6. The lowest BCUT2D eigenvalue weighted by molar-refractivity contribution is -0.160. The van der Waals surface area contributed by atoms with Crippen LogP contribution in [0, 0.1) is 16.9 Å². The number of hydrogen-bond acceptors (Lipinski definition) is 12. The van der Waals surface area contributed by atoms with Gasteiger partial charge in [0.2, 0.25) is 6.08 Å². The topological polar surface area (TPSA) is 160 Å². The molecule has 0 saturated carbocycles. The van der Waals surface area contributed by atoms with Crippen molar-refractivity contribution < 1.29 is 47.6 Å². The van der Waals surface area contributed by atoms with Gasteiger partial charge in [-0.1, -0.05) is 18.7 Å². The molecule has 39 heavy (non-hydrogen) atoms. The molecule has 1 unspecified atom stereocenters. The van der Waals surface area contributed by atoms with Crippen LogP contribution in [0.2, 0.25) is 0 Å². The standard InChI is InChI=1S/C27H38N2O10/c1-5-12-34-16-27(17-35-13-6-2,19-39-25(32)22(3)4)18-38-24(31)11-9-15-37-26(33)23(29-21-30)10-7-8-14-36-20-28/h5-6,23H,1-3,7-19H2,4H3. The second-order valence-electron chi connectivity index (χ2n) is 8.57. The second-order valence-corrected chi connectivity index (χ2v) is 8.57. The largest absolute Gasteiger partial charge is 0.465 e. The van der Waals surface area contributed by atoms with E-state index in [9.17, 15) is 19.2 Å². The van der Waals surface area contributed by atoms with Crippen LogP contribution in [0.1, 0.15) is 39.0 Å². The summed E-state index contributed by atoms with van der Waals surface area (Å²) in [5.74, 6) is -1.90. The van der Waals surface area contributed by atoms with Crippen molar-refractivity contribution in [2.45, 2.75) is 45.1 Å². The number of carbonyl (C=O) groups excluding carboxylic acids is 4. The quantitative estimate of drug-likeness (QED) is 0.0254. The molecular weight excluding hydrogens is 512 g/mol. The van der Waals surface area contributed by atoms with Gasteiger partial charge in [0, 0.05) is 12.0 Å². The van der Waals surface area contributed by atoms with E-state index >= 15 is 0 Å². The van der Waals surface area contributed by atoms with Crippen LogP contribution in [0.25, 0.3) is 0 Å². The zero-order chi connectivity index (χ0) is 29.4. The van der Waals surface area contributed by atoms with Crippen molar-refractivity contribution in [2.75, 3.05) is 52.9 Å². The summed E-state index contributed by atoms with van der Waals surface area (Å²) in [6.45, 7) is 12.6. The third-order valence-corrected chi connectivity index (χ3v) is 4.97. The number of aliphatic imine (C=N–C) groups is 1. The van der Waals surface area contributed by atoms with Gasteiger partial charge in [-0.05, 0) is 32.6 Å². The molecule has 12 nitrogen and oxygen atoms in total. The number of nitrogens with zero attached hydrogens (tertiary/aromatic N) is 2. The molecule has 0 aromatic carbocycles. The number of unbranched alkanes of at least 4 members (excludes halogenated alkanes) is 1. The van der Waals surface area contributed by atoms with Crippen molar-refractivity contribution in [1.82, 2.24) is 0 Å². The van der Waals surface area contributed by atoms with Gasteiger partial charge < -0.3 is 28.4 Å². The van der Waals surface area contributed by atoms with Crippen LogP contribution in [0.15, 0.2) is 42.5 Å². The summed E-state index contributed by atoms with van der Waals surface area (Å²) in [4.78, 5) is 50.7. The molecule has 0 aliphatic carbocycles. The van der Waals surface area contributed by atoms with E-state index in [1.165, 1.54) is 13.0 Å². The molecule has 0 aromatic rings. The predicted octanol–water partition coefficient (Wildman–Crippen LogP) is 2.74. The lowest BCUT2D eigenvalue weighted by Gasteiger charge is -2.32. The number of rotatable bonds is 24. The summed E-state index contributed by atoms with van der Waals surface area (Å²) in [6, 6.07) is -1.02. The fourth-order valence-electron chi connectivity index (χ4n) is 2.96. The van der Waals surface area contributed by atoms with Gasteiger partial charge in [0.1, 0.15) is 19.8 Å². The molecule has 0 N–H and O–H groups in total. The average Bonchev–Trinajstić information content (AvgIpc) is 2.92. The highest BCUT2D eigenvalue weighted by Gasteiger charge is 2.35. The van der Waals surface area contributed by atoms with Gasteiger partial charge in [0.25, 0.3) is 6.26 Å². The summed E-state index contributed by atoms with van der Waals surface area (Å²) in [6.07, 6.45) is 7.30. The van der Waals surface area contributed by atoms with E-state index in [1.807, 2.05) is 0 Å². The Bertz CT molecular complexity index is 875. The van der Waals surface area contributed by atoms with Gasteiger partial charge in [-0.3, -0.25) is 4.79 Å². The van der Waals surface area contributed by atoms with E-state index in [2.05, 4.69) is 29.5 Å². The molecule has 0 amide bonds. The van der Waals surface area contributed by atoms with Crippen molar-refractivity contribution in [3.63, 3.8) is 0 Å². The normalized spacial score (nSPS) is 11.2. The summed E-state index contributed by atoms with van der Waals surface area (Å²) in [5.41, 5.74) is -0.791. The predicted molar refractivity (Wildman–Crippen MR) is 139 cm³/mol. The Balaban J connectivity index is 4.89. The van der Waals surface area contributed by atoms with Gasteiger partial charge in [-0.2, -0.15) is 10.3 Å². The fraction of sp³-hybridized carbons (Fsp3) is 0.593. The van der Waals surface area contributed by atoms with Crippen molar-refractivity contribution in [2.24, 2.45) is 10.4 Å². The molecule has 0 bridgehead atoms. The van der Waals surface area contributed by atoms with Crippen LogP contribution < -0.4 is 0 Å². The Labute approximate surface area is 229 Å². The summed E-state index contributed by atoms with van der Waals surface area (Å²) in [7, 11) is 0. The van der Waals surface area contributed by atoms with E-state index in [0.717, 1.165) is 0 Å². The van der Waals surface area contributed by atoms with E-state index in [0.29, 0.717) is 12.8 Å². The number of ether oxygens (including phenoxy) is 6. The molecule has 216 valence electrons. The van der Waals surface area contributed by atoms with E-state index in [4.69, 9.17) is 28.9 Å². The lowest BCUT2D eigenvalue weighted by atomic mass is 9.92. The van der Waals surface area contributed by atoms with Crippen LogP contribution in [-0.2, 0) is 47.6 Å². The maximum Gasteiger partial charge on any atom is 0.333 e. The highest BCUT2D eigenvalue weighted by Crippen LogP contribution is 2.22. The van der Waals surface area contributed by atoms with Gasteiger partial charge >= 0.3 is 17.9 Å². The first-order valence-electron chi connectivity index (χ1n) is 12.3. The van der Waals surface area contributed by atoms with E-state index in [-0.39, 0.29) is 77.7 Å². The smallest absolute Gasteiger partial charge is 0.333 e. The average molecular weight is 551 g/mol. The molecular formula is C27H38N2O10. The van der Waals surface area contributed by atoms with Gasteiger partial charge in [0.15, 0.2) is 6.04 Å². The Kier molecular flexibility index (Phi) is 20.1. The van der Waals surface area contributed by atoms with Crippen molar-refractivity contribution in [3.05, 3.63) is 37.5 Å². The molecule has 12 heteroatoms. The second kappa shape index (κ2) is 22.2. The zero-order valence-corrected chi connectivity index (χ0v) is 22.5. The Morgan fingerprint density at radius 1 is 0.949 bits per heavy atom. The molecule has 0 saturated heterocycles. The highest BCUT2D eigenvalue weighted by atomic mass is 16.6. The molecule has 0 rings (SSSR count). The molecule has 0 spiro atoms.